The number of rotatable bonds is 5. The highest BCUT2D eigenvalue weighted by atomic mass is 16.2. The number of piperazine rings is 1. The summed E-state index contributed by atoms with van der Waals surface area (Å²) >= 11 is 0. The summed E-state index contributed by atoms with van der Waals surface area (Å²) in [6, 6.07) is -0.312. The zero-order valence-electron chi connectivity index (χ0n) is 11.5. The first-order chi connectivity index (χ1) is 8.04. The molecule has 0 bridgehead atoms. The molecule has 0 radical (unpaired) electrons. The molecule has 0 spiro atoms. The molecule has 0 aromatic rings. The van der Waals surface area contributed by atoms with Crippen molar-refractivity contribution in [1.29, 1.82) is 0 Å². The van der Waals surface area contributed by atoms with Gasteiger partial charge in [-0.3, -0.25) is 9.69 Å². The van der Waals surface area contributed by atoms with Gasteiger partial charge in [-0.25, -0.2) is 0 Å². The Balaban J connectivity index is 2.35. The Labute approximate surface area is 105 Å². The first kappa shape index (κ1) is 14.5. The lowest BCUT2D eigenvalue weighted by molar-refractivity contribution is -0.134. The van der Waals surface area contributed by atoms with Crippen molar-refractivity contribution in [3.63, 3.8) is 0 Å². The fourth-order valence-corrected chi connectivity index (χ4v) is 2.35. The topological polar surface area (TPSA) is 49.6 Å². The van der Waals surface area contributed by atoms with Crippen molar-refractivity contribution in [3.05, 3.63) is 0 Å². The van der Waals surface area contributed by atoms with Crippen LogP contribution in [0, 0.1) is 5.92 Å². The average molecular weight is 241 g/mol. The third kappa shape index (κ3) is 4.64. The minimum atomic E-state index is -0.312. The molecule has 1 aliphatic rings. The zero-order chi connectivity index (χ0) is 12.8. The summed E-state index contributed by atoms with van der Waals surface area (Å²) in [5, 5.41) is 0. The normalized spacial score (nSPS) is 19.7. The molecule has 1 rings (SSSR count). The average Bonchev–Trinajstić information content (AvgIpc) is 2.28. The number of carbonyl (C=O) groups excluding carboxylic acids is 1. The molecule has 0 aromatic heterocycles. The Kier molecular flexibility index (Phi) is 5.92. The summed E-state index contributed by atoms with van der Waals surface area (Å²) in [7, 11) is 0. The lowest BCUT2D eigenvalue weighted by Gasteiger charge is -2.35. The van der Waals surface area contributed by atoms with Crippen LogP contribution in [0.4, 0.5) is 0 Å². The number of hydrogen-bond donors (Lipinski definition) is 1. The summed E-state index contributed by atoms with van der Waals surface area (Å²) in [6.07, 6.45) is 1.97. The Bertz CT molecular complexity index is 235. The van der Waals surface area contributed by atoms with Crippen LogP contribution in [0.25, 0.3) is 0 Å². The van der Waals surface area contributed by atoms with Crippen LogP contribution in [0.5, 0.6) is 0 Å². The van der Waals surface area contributed by atoms with Crippen molar-refractivity contribution in [1.82, 2.24) is 9.80 Å². The zero-order valence-corrected chi connectivity index (χ0v) is 11.5. The standard InChI is InChI=1S/C13H27N3O/c1-4-5-15-6-8-16(9-7-15)13(17)12(14)10-11(2)3/h11-12H,4-10,14H2,1-3H3/t12-/m1/s1. The number of amides is 1. The number of hydrogen-bond acceptors (Lipinski definition) is 3. The molecule has 2 N–H and O–H groups in total. The highest BCUT2D eigenvalue weighted by Gasteiger charge is 2.25. The van der Waals surface area contributed by atoms with Gasteiger partial charge >= 0.3 is 0 Å². The van der Waals surface area contributed by atoms with Gasteiger partial charge in [-0.2, -0.15) is 0 Å². The Morgan fingerprint density at radius 1 is 1.24 bits per heavy atom. The molecule has 0 aliphatic carbocycles. The molecule has 0 saturated carbocycles. The summed E-state index contributed by atoms with van der Waals surface area (Å²) in [5.74, 6) is 0.616. The predicted molar refractivity (Wildman–Crippen MR) is 70.7 cm³/mol. The smallest absolute Gasteiger partial charge is 0.239 e. The maximum absolute atomic E-state index is 12.1. The molecular weight excluding hydrogens is 214 g/mol. The summed E-state index contributed by atoms with van der Waals surface area (Å²) in [6.45, 7) is 11.2. The van der Waals surface area contributed by atoms with Crippen LogP contribution in [0.2, 0.25) is 0 Å². The molecule has 1 aliphatic heterocycles. The summed E-state index contributed by atoms with van der Waals surface area (Å²) in [4.78, 5) is 16.4. The highest BCUT2D eigenvalue weighted by molar-refractivity contribution is 5.81. The van der Waals surface area contributed by atoms with Crippen LogP contribution in [0.3, 0.4) is 0 Å². The molecular formula is C13H27N3O. The van der Waals surface area contributed by atoms with E-state index in [9.17, 15) is 4.79 Å². The van der Waals surface area contributed by atoms with Crippen LogP contribution in [0.15, 0.2) is 0 Å². The minimum absolute atomic E-state index is 0.134. The largest absolute Gasteiger partial charge is 0.339 e. The van der Waals surface area contributed by atoms with Crippen LogP contribution in [-0.2, 0) is 4.79 Å². The molecule has 4 heteroatoms. The fourth-order valence-electron chi connectivity index (χ4n) is 2.35. The second-order valence-corrected chi connectivity index (χ2v) is 5.40. The van der Waals surface area contributed by atoms with Gasteiger partial charge in [0.1, 0.15) is 0 Å². The van der Waals surface area contributed by atoms with E-state index in [1.165, 1.54) is 6.42 Å². The van der Waals surface area contributed by atoms with Crippen molar-refractivity contribution in [3.8, 4) is 0 Å². The van der Waals surface area contributed by atoms with E-state index in [1.54, 1.807) is 0 Å². The van der Waals surface area contributed by atoms with E-state index in [1.807, 2.05) is 4.90 Å². The van der Waals surface area contributed by atoms with E-state index in [0.29, 0.717) is 5.92 Å². The third-order valence-electron chi connectivity index (χ3n) is 3.27. The lowest BCUT2D eigenvalue weighted by atomic mass is 10.0. The molecule has 1 heterocycles. The molecule has 17 heavy (non-hydrogen) atoms. The quantitative estimate of drug-likeness (QED) is 0.778. The van der Waals surface area contributed by atoms with E-state index in [4.69, 9.17) is 5.73 Å². The van der Waals surface area contributed by atoms with Gasteiger partial charge in [-0.15, -0.1) is 0 Å². The van der Waals surface area contributed by atoms with Crippen LogP contribution < -0.4 is 5.73 Å². The summed E-state index contributed by atoms with van der Waals surface area (Å²) in [5.41, 5.74) is 5.94. The van der Waals surface area contributed by atoms with Gasteiger partial charge in [-0.1, -0.05) is 20.8 Å². The first-order valence-electron chi connectivity index (χ1n) is 6.81. The SMILES string of the molecule is CCCN1CCN(C(=O)[C@H](N)CC(C)C)CC1. The molecule has 1 atom stereocenters. The molecule has 100 valence electrons. The van der Waals surface area contributed by atoms with Crippen molar-refractivity contribution in [2.24, 2.45) is 11.7 Å². The number of carbonyl (C=O) groups is 1. The Morgan fingerprint density at radius 3 is 2.29 bits per heavy atom. The highest BCUT2D eigenvalue weighted by Crippen LogP contribution is 2.08. The van der Waals surface area contributed by atoms with Crippen LogP contribution in [-0.4, -0.2) is 54.5 Å². The predicted octanol–water partition coefficient (Wildman–Crippen LogP) is 0.914. The Hall–Kier alpha value is -0.610. The number of nitrogens with zero attached hydrogens (tertiary/aromatic N) is 2. The third-order valence-corrected chi connectivity index (χ3v) is 3.27. The van der Waals surface area contributed by atoms with E-state index in [-0.39, 0.29) is 11.9 Å². The molecule has 1 fully saturated rings. The van der Waals surface area contributed by atoms with E-state index >= 15 is 0 Å². The molecule has 0 unspecified atom stereocenters. The summed E-state index contributed by atoms with van der Waals surface area (Å²) < 4.78 is 0. The number of nitrogens with two attached hydrogens (primary N) is 1. The van der Waals surface area contributed by atoms with E-state index in [0.717, 1.165) is 39.1 Å². The lowest BCUT2D eigenvalue weighted by Crippen LogP contribution is -2.53. The van der Waals surface area contributed by atoms with Crippen LogP contribution in [0.1, 0.15) is 33.6 Å². The first-order valence-corrected chi connectivity index (χ1v) is 6.81. The van der Waals surface area contributed by atoms with Gasteiger partial charge in [0.2, 0.25) is 5.91 Å². The molecule has 1 saturated heterocycles. The molecule has 1 amide bonds. The van der Waals surface area contributed by atoms with Gasteiger partial charge in [0.05, 0.1) is 6.04 Å². The van der Waals surface area contributed by atoms with E-state index < -0.39 is 0 Å². The van der Waals surface area contributed by atoms with Crippen LogP contribution >= 0.6 is 0 Å². The molecule has 0 aromatic carbocycles. The van der Waals surface area contributed by atoms with Gasteiger partial charge in [0.15, 0.2) is 0 Å². The minimum Gasteiger partial charge on any atom is -0.339 e. The maximum atomic E-state index is 12.1. The van der Waals surface area contributed by atoms with Gasteiger partial charge in [-0.05, 0) is 25.3 Å². The van der Waals surface area contributed by atoms with Gasteiger partial charge < -0.3 is 10.6 Å². The molecule has 4 nitrogen and oxygen atoms in total. The Morgan fingerprint density at radius 2 is 1.82 bits per heavy atom. The maximum Gasteiger partial charge on any atom is 0.239 e. The van der Waals surface area contributed by atoms with E-state index in [2.05, 4.69) is 25.7 Å². The van der Waals surface area contributed by atoms with Crippen molar-refractivity contribution >= 4 is 5.91 Å². The van der Waals surface area contributed by atoms with Gasteiger partial charge in [0, 0.05) is 26.2 Å². The van der Waals surface area contributed by atoms with Crippen molar-refractivity contribution in [2.75, 3.05) is 32.7 Å². The van der Waals surface area contributed by atoms with Gasteiger partial charge in [0.25, 0.3) is 0 Å². The fraction of sp³-hybridized carbons (Fsp3) is 0.923. The van der Waals surface area contributed by atoms with Crippen molar-refractivity contribution in [2.45, 2.75) is 39.7 Å². The second-order valence-electron chi connectivity index (χ2n) is 5.40. The van der Waals surface area contributed by atoms with Crippen molar-refractivity contribution < 1.29 is 4.79 Å². The second kappa shape index (κ2) is 6.97. The monoisotopic (exact) mass is 241 g/mol.